The van der Waals surface area contributed by atoms with Gasteiger partial charge in [0, 0.05) is 12.8 Å². The van der Waals surface area contributed by atoms with Gasteiger partial charge in [-0.3, -0.25) is 9.59 Å². The normalized spacial score (nSPS) is 11.0. The Morgan fingerprint density at radius 2 is 0.488 bits per heavy atom. The van der Waals surface area contributed by atoms with Crippen molar-refractivity contribution in [1.29, 1.82) is 0 Å². The van der Waals surface area contributed by atoms with Crippen molar-refractivity contribution in [3.05, 3.63) is 0 Å². The van der Waals surface area contributed by atoms with E-state index in [9.17, 15) is 9.59 Å². The van der Waals surface area contributed by atoms with Gasteiger partial charge in [-0.15, -0.1) is 0 Å². The zero-order chi connectivity index (χ0) is 29.2. The molecule has 4 heteroatoms. The molecule has 0 aliphatic heterocycles. The van der Waals surface area contributed by atoms with Crippen LogP contribution in [0.15, 0.2) is 0 Å². The van der Waals surface area contributed by atoms with E-state index in [0.29, 0.717) is 12.8 Å². The zero-order valence-electron chi connectivity index (χ0n) is 28.3. The molecule has 41 heavy (non-hydrogen) atoms. The minimum atomic E-state index is -0.323. The molecule has 0 fully saturated rings. The fourth-order valence-electron chi connectivity index (χ4n) is 5.69. The molecule has 0 aliphatic rings. The van der Waals surface area contributed by atoms with Gasteiger partial charge in [0.15, 0.2) is 0 Å². The van der Waals surface area contributed by atoms with Crippen LogP contribution in [0, 0.1) is 0 Å². The van der Waals surface area contributed by atoms with Crippen LogP contribution in [0.1, 0.15) is 226 Å². The number of unbranched alkanes of at least 4 members (excludes halogenated alkanes) is 29. The van der Waals surface area contributed by atoms with Crippen LogP contribution in [0.2, 0.25) is 0 Å². The Labute approximate surface area is 257 Å². The summed E-state index contributed by atoms with van der Waals surface area (Å²) < 4.78 is 5.02. The van der Waals surface area contributed by atoms with Crippen molar-refractivity contribution >= 4 is 11.9 Å². The molecular weight excluding hydrogens is 506 g/mol. The van der Waals surface area contributed by atoms with Gasteiger partial charge in [0.25, 0.3) is 0 Å². The second-order valence-corrected chi connectivity index (χ2v) is 12.6. The van der Waals surface area contributed by atoms with E-state index in [1.165, 1.54) is 173 Å². The molecule has 0 unspecified atom stereocenters. The average molecular weight is 582 g/mol. The van der Waals surface area contributed by atoms with Crippen LogP contribution in [-0.2, 0) is 14.3 Å². The maximum Gasteiger partial charge on any atom is 0.313 e. The van der Waals surface area contributed by atoms with Gasteiger partial charge < -0.3 is 10.9 Å². The minimum Gasteiger partial charge on any atom is -0.393 e. The van der Waals surface area contributed by atoms with Crippen LogP contribution < -0.4 is 6.15 Å². The summed E-state index contributed by atoms with van der Waals surface area (Å²) >= 11 is 0. The highest BCUT2D eigenvalue weighted by atomic mass is 16.6. The molecule has 0 aromatic carbocycles. The van der Waals surface area contributed by atoms with E-state index in [0.717, 1.165) is 25.7 Å². The largest absolute Gasteiger partial charge is 0.393 e. The van der Waals surface area contributed by atoms with Gasteiger partial charge in [0.2, 0.25) is 0 Å². The molecule has 0 aromatic rings. The second kappa shape index (κ2) is 37.1. The first-order valence-electron chi connectivity index (χ1n) is 18.4. The second-order valence-electron chi connectivity index (χ2n) is 12.6. The van der Waals surface area contributed by atoms with E-state index in [1.54, 1.807) is 0 Å². The molecule has 0 saturated carbocycles. The maximum absolute atomic E-state index is 11.9. The van der Waals surface area contributed by atoms with Gasteiger partial charge in [-0.1, -0.05) is 200 Å². The van der Waals surface area contributed by atoms with Crippen molar-refractivity contribution in [2.24, 2.45) is 0 Å². The lowest BCUT2D eigenvalue weighted by molar-refractivity contribution is -0.159. The lowest BCUT2D eigenvalue weighted by Crippen LogP contribution is -2.11. The van der Waals surface area contributed by atoms with Gasteiger partial charge in [0.1, 0.15) is 0 Å². The molecule has 0 rings (SSSR count). The molecule has 0 heterocycles. The summed E-state index contributed by atoms with van der Waals surface area (Å²) in [4.78, 5) is 23.8. The van der Waals surface area contributed by atoms with Crippen molar-refractivity contribution in [3.63, 3.8) is 0 Å². The molecular formula is C37H75NO3. The van der Waals surface area contributed by atoms with Gasteiger partial charge >= 0.3 is 11.9 Å². The number of carbonyl (C=O) groups is 2. The van der Waals surface area contributed by atoms with Gasteiger partial charge in [-0.05, 0) is 12.8 Å². The van der Waals surface area contributed by atoms with Crippen molar-refractivity contribution in [2.45, 2.75) is 226 Å². The van der Waals surface area contributed by atoms with E-state index in [2.05, 4.69) is 13.8 Å². The number of rotatable bonds is 33. The fraction of sp³-hybridized carbons (Fsp3) is 0.946. The Morgan fingerprint density at radius 3 is 0.683 bits per heavy atom. The Hall–Kier alpha value is -0.900. The highest BCUT2D eigenvalue weighted by Gasteiger charge is 2.10. The fourth-order valence-corrected chi connectivity index (χ4v) is 5.69. The lowest BCUT2D eigenvalue weighted by atomic mass is 10.0. The Kier molecular flexibility index (Phi) is 38.2. The quantitative estimate of drug-likeness (QED) is 0.0475. The third-order valence-corrected chi connectivity index (χ3v) is 8.45. The summed E-state index contributed by atoms with van der Waals surface area (Å²) in [5.41, 5.74) is 0. The first kappa shape index (κ1) is 42.2. The smallest absolute Gasteiger partial charge is 0.313 e. The van der Waals surface area contributed by atoms with E-state index < -0.39 is 0 Å². The van der Waals surface area contributed by atoms with E-state index in [1.807, 2.05) is 0 Å². The third-order valence-electron chi connectivity index (χ3n) is 8.45. The van der Waals surface area contributed by atoms with Crippen molar-refractivity contribution in [2.75, 3.05) is 0 Å². The van der Waals surface area contributed by atoms with Gasteiger partial charge in [0.05, 0.1) is 0 Å². The van der Waals surface area contributed by atoms with Gasteiger partial charge in [-0.25, -0.2) is 0 Å². The van der Waals surface area contributed by atoms with E-state index in [-0.39, 0.29) is 18.1 Å². The molecule has 0 saturated heterocycles. The van der Waals surface area contributed by atoms with Crippen LogP contribution in [0.5, 0.6) is 0 Å². The van der Waals surface area contributed by atoms with Crippen LogP contribution >= 0.6 is 0 Å². The molecule has 0 aliphatic carbocycles. The Balaban J connectivity index is 0. The molecule has 0 spiro atoms. The number of hydrogen-bond acceptors (Lipinski definition) is 4. The molecule has 3 N–H and O–H groups in total. The summed E-state index contributed by atoms with van der Waals surface area (Å²) in [5, 5.41) is 0. The Bertz CT molecular complexity index is 522. The summed E-state index contributed by atoms with van der Waals surface area (Å²) in [6.45, 7) is 4.56. The molecule has 4 nitrogen and oxygen atoms in total. The third kappa shape index (κ3) is 37.1. The number of esters is 2. The van der Waals surface area contributed by atoms with Crippen LogP contribution in [0.4, 0.5) is 0 Å². The first-order valence-corrected chi connectivity index (χ1v) is 18.4. The lowest BCUT2D eigenvalue weighted by Gasteiger charge is -2.05. The summed E-state index contributed by atoms with van der Waals surface area (Å²) in [5.74, 6) is -0.646. The monoisotopic (exact) mass is 582 g/mol. The summed E-state index contributed by atoms with van der Waals surface area (Å²) in [7, 11) is 0. The maximum atomic E-state index is 11.9. The Morgan fingerprint density at radius 1 is 0.317 bits per heavy atom. The van der Waals surface area contributed by atoms with Gasteiger partial charge in [-0.2, -0.15) is 0 Å². The summed E-state index contributed by atoms with van der Waals surface area (Å²) in [6, 6.07) is 0. The van der Waals surface area contributed by atoms with Crippen LogP contribution in [-0.4, -0.2) is 11.9 Å². The predicted molar refractivity (Wildman–Crippen MR) is 180 cm³/mol. The number of hydrogen-bond donors (Lipinski definition) is 1. The molecule has 0 aromatic heterocycles. The highest BCUT2D eigenvalue weighted by molar-refractivity contribution is 5.85. The topological polar surface area (TPSA) is 78.4 Å². The van der Waals surface area contributed by atoms with Crippen LogP contribution in [0.25, 0.3) is 0 Å². The first-order chi connectivity index (χ1) is 19.7. The molecule has 0 atom stereocenters. The standard InChI is InChI=1S/C37H72O3.H3N/c1-3-5-7-9-11-13-15-17-19-21-23-25-27-29-31-33-35-37(39)40-36(38)34-32-30-28-26-24-22-20-18-16-14-12-10-8-6-4-2;/h3-35H2,1-2H3;1H3. The SMILES string of the molecule is CCCCCCCCCCCCCCCCCCC(=O)OC(=O)CCCCCCCCCCCCCCCCC.N. The molecule has 0 bridgehead atoms. The molecule has 0 radical (unpaired) electrons. The zero-order valence-corrected chi connectivity index (χ0v) is 28.3. The van der Waals surface area contributed by atoms with Crippen molar-refractivity contribution in [1.82, 2.24) is 6.15 Å². The average Bonchev–Trinajstić information content (AvgIpc) is 2.94. The van der Waals surface area contributed by atoms with Crippen molar-refractivity contribution < 1.29 is 14.3 Å². The summed E-state index contributed by atoms with van der Waals surface area (Å²) in [6.07, 6.45) is 41.6. The molecule has 246 valence electrons. The van der Waals surface area contributed by atoms with E-state index >= 15 is 0 Å². The number of ether oxygens (including phenoxy) is 1. The van der Waals surface area contributed by atoms with Crippen molar-refractivity contribution in [3.8, 4) is 0 Å². The van der Waals surface area contributed by atoms with E-state index in [4.69, 9.17) is 4.74 Å². The minimum absolute atomic E-state index is 0. The highest BCUT2D eigenvalue weighted by Crippen LogP contribution is 2.16. The number of carbonyl (C=O) groups excluding carboxylic acids is 2. The molecule has 0 amide bonds. The van der Waals surface area contributed by atoms with Crippen LogP contribution in [0.3, 0.4) is 0 Å². The predicted octanol–water partition coefficient (Wildman–Crippen LogP) is 13.1.